The summed E-state index contributed by atoms with van der Waals surface area (Å²) in [4.78, 5) is 11.7. The van der Waals surface area contributed by atoms with Crippen LogP contribution < -0.4 is 15.3 Å². The lowest BCUT2D eigenvalue weighted by Crippen LogP contribution is -2.38. The van der Waals surface area contributed by atoms with E-state index in [1.165, 1.54) is 65.8 Å². The Morgan fingerprint density at radius 1 is 0.524 bits per heavy atom. The minimum absolute atomic E-state index is 0.117. The maximum Gasteiger partial charge on any atom is 0.0701 e. The third-order valence-electron chi connectivity index (χ3n) is 13.6. The van der Waals surface area contributed by atoms with Crippen molar-refractivity contribution in [1.29, 1.82) is 0 Å². The minimum Gasteiger partial charge on any atom is -0.334 e. The predicted octanol–water partition coefficient (Wildman–Crippen LogP) is 13.0. The van der Waals surface area contributed by atoms with Gasteiger partial charge in [-0.05, 0) is 134 Å². The molecule has 0 N–H and O–H groups in total. The number of fused-ring (bicyclic) bond motifs is 4. The lowest BCUT2D eigenvalue weighted by atomic mass is 9.69. The van der Waals surface area contributed by atoms with Crippen LogP contribution in [0.2, 0.25) is 0 Å². The predicted molar refractivity (Wildman–Crippen MR) is 261 cm³/mol. The van der Waals surface area contributed by atoms with E-state index in [9.17, 15) is 0 Å². The van der Waals surface area contributed by atoms with E-state index in [4.69, 9.17) is 0 Å². The number of allylic oxidation sites excluding steroid dienone is 6. The SMILES string of the molecule is C1=CCCC(C2=c3ccccc3=C(c3ccccc3)C3c4ccc(C5=CCC(N(c6ccc(-c7ccccn7)cc6)c6ccc(-c7ccccn7)cc6)C=C5)c5cccc(c45)C23)=C1. The highest BCUT2D eigenvalue weighted by Gasteiger charge is 2.43. The summed E-state index contributed by atoms with van der Waals surface area (Å²) in [5.74, 6) is 0.462. The molecule has 300 valence electrons. The van der Waals surface area contributed by atoms with Crippen LogP contribution in [0.4, 0.5) is 11.4 Å². The van der Waals surface area contributed by atoms with Gasteiger partial charge in [0.15, 0.2) is 0 Å². The standard InChI is InChI=1S/C60H45N3/c1-3-14-43(15-4-1)56-50-18-7-8-19-51(50)57(44-16-5-2-6-17-44)60-53-37-36-48(49-20-13-21-52(58(49)53)59(56)60)40-24-30-45(31-25-40)63(46-32-26-41(27-33-46)54-22-9-11-38-61-54)47-34-28-42(29-35-47)55-23-10-12-39-62-55/h1-3,5-14,16-30,32-39,45,59-60H,4,15,31H2. The quantitative estimate of drug-likeness (QED) is 0.153. The second-order valence-corrected chi connectivity index (χ2v) is 17.0. The summed E-state index contributed by atoms with van der Waals surface area (Å²) in [7, 11) is 0. The van der Waals surface area contributed by atoms with E-state index in [-0.39, 0.29) is 17.9 Å². The Kier molecular flexibility index (Phi) is 9.26. The molecule has 12 rings (SSSR count). The smallest absolute Gasteiger partial charge is 0.0701 e. The fourth-order valence-electron chi connectivity index (χ4n) is 10.9. The zero-order chi connectivity index (χ0) is 41.7. The molecule has 2 aromatic heterocycles. The van der Waals surface area contributed by atoms with Crippen molar-refractivity contribution in [3.8, 4) is 22.5 Å². The number of hydrogen-bond acceptors (Lipinski definition) is 3. The lowest BCUT2D eigenvalue weighted by Gasteiger charge is -2.33. The van der Waals surface area contributed by atoms with Crippen molar-refractivity contribution in [1.82, 2.24) is 9.97 Å². The van der Waals surface area contributed by atoms with Crippen LogP contribution in [0.15, 0.2) is 224 Å². The molecule has 0 bridgehead atoms. The first-order valence-corrected chi connectivity index (χ1v) is 22.3. The average molecular weight is 808 g/mol. The monoisotopic (exact) mass is 807 g/mol. The van der Waals surface area contributed by atoms with Crippen molar-refractivity contribution < 1.29 is 0 Å². The van der Waals surface area contributed by atoms with Gasteiger partial charge in [0.2, 0.25) is 0 Å². The van der Waals surface area contributed by atoms with Crippen molar-refractivity contribution in [3.63, 3.8) is 0 Å². The summed E-state index contributed by atoms with van der Waals surface area (Å²) in [5.41, 5.74) is 17.6. The van der Waals surface area contributed by atoms with Gasteiger partial charge in [-0.1, -0.05) is 158 Å². The molecule has 0 fully saturated rings. The molecule has 0 aliphatic heterocycles. The summed E-state index contributed by atoms with van der Waals surface area (Å²) in [5, 5.41) is 5.52. The number of nitrogens with zero attached hydrogens (tertiary/aromatic N) is 3. The van der Waals surface area contributed by atoms with Gasteiger partial charge in [-0.2, -0.15) is 0 Å². The zero-order valence-electron chi connectivity index (χ0n) is 35.0. The molecular weight excluding hydrogens is 763 g/mol. The van der Waals surface area contributed by atoms with Gasteiger partial charge in [-0.15, -0.1) is 0 Å². The van der Waals surface area contributed by atoms with Crippen molar-refractivity contribution in [2.45, 2.75) is 37.1 Å². The van der Waals surface area contributed by atoms with E-state index in [0.717, 1.165) is 53.2 Å². The molecular formula is C60H45N3. The Labute approximate surface area is 368 Å². The number of rotatable bonds is 8. The second-order valence-electron chi connectivity index (χ2n) is 17.0. The number of hydrogen-bond donors (Lipinski definition) is 0. The Bertz CT molecular complexity index is 3200. The molecule has 3 nitrogen and oxygen atoms in total. The maximum atomic E-state index is 4.61. The van der Waals surface area contributed by atoms with Gasteiger partial charge < -0.3 is 4.90 Å². The van der Waals surface area contributed by atoms with Gasteiger partial charge in [-0.25, -0.2) is 0 Å². The highest BCUT2D eigenvalue weighted by molar-refractivity contribution is 6.05. The highest BCUT2D eigenvalue weighted by atomic mass is 15.2. The van der Waals surface area contributed by atoms with E-state index < -0.39 is 0 Å². The third kappa shape index (κ3) is 6.43. The molecule has 4 aliphatic carbocycles. The van der Waals surface area contributed by atoms with Crippen molar-refractivity contribution in [2.75, 3.05) is 4.90 Å². The van der Waals surface area contributed by atoms with E-state index >= 15 is 0 Å². The molecule has 0 saturated carbocycles. The first-order valence-electron chi connectivity index (χ1n) is 22.3. The summed E-state index contributed by atoms with van der Waals surface area (Å²) < 4.78 is 0. The summed E-state index contributed by atoms with van der Waals surface area (Å²) in [6.07, 6.45) is 20.9. The van der Waals surface area contributed by atoms with Crippen LogP contribution in [0.1, 0.15) is 53.4 Å². The molecule has 3 unspecified atom stereocenters. The minimum atomic E-state index is 0.117. The van der Waals surface area contributed by atoms with Gasteiger partial charge in [0.1, 0.15) is 0 Å². The Morgan fingerprint density at radius 2 is 1.16 bits per heavy atom. The Balaban J connectivity index is 0.941. The lowest BCUT2D eigenvalue weighted by molar-refractivity contribution is 0.779. The molecule has 4 aliphatic rings. The Morgan fingerprint density at radius 3 is 1.78 bits per heavy atom. The first-order chi connectivity index (χ1) is 31.3. The molecule has 0 spiro atoms. The van der Waals surface area contributed by atoms with Crippen LogP contribution in [-0.4, -0.2) is 16.0 Å². The summed E-state index contributed by atoms with van der Waals surface area (Å²) >= 11 is 0. The highest BCUT2D eigenvalue weighted by Crippen LogP contribution is 2.58. The molecule has 3 atom stereocenters. The fraction of sp³-hybridized carbons (Fsp3) is 0.100. The topological polar surface area (TPSA) is 29.0 Å². The van der Waals surface area contributed by atoms with Crippen LogP contribution in [-0.2, 0) is 0 Å². The molecule has 0 amide bonds. The maximum absolute atomic E-state index is 4.61. The van der Waals surface area contributed by atoms with Gasteiger partial charge in [0.25, 0.3) is 0 Å². The van der Waals surface area contributed by atoms with Gasteiger partial charge in [0.05, 0.1) is 17.4 Å². The number of anilines is 2. The van der Waals surface area contributed by atoms with Crippen LogP contribution in [0.3, 0.4) is 0 Å². The average Bonchev–Trinajstić information content (AvgIpc) is 3.69. The van der Waals surface area contributed by atoms with Crippen molar-refractivity contribution in [2.24, 2.45) is 0 Å². The number of benzene rings is 6. The molecule has 6 aromatic carbocycles. The normalized spacial score (nSPS) is 18.4. The molecule has 63 heavy (non-hydrogen) atoms. The largest absolute Gasteiger partial charge is 0.334 e. The zero-order valence-corrected chi connectivity index (χ0v) is 35.0. The van der Waals surface area contributed by atoms with Crippen LogP contribution >= 0.6 is 0 Å². The van der Waals surface area contributed by atoms with E-state index in [1.807, 2.05) is 36.7 Å². The third-order valence-corrected chi connectivity index (χ3v) is 13.6. The fourth-order valence-corrected chi connectivity index (χ4v) is 10.9. The van der Waals surface area contributed by atoms with E-state index in [0.29, 0.717) is 0 Å². The van der Waals surface area contributed by atoms with Gasteiger partial charge in [-0.3, -0.25) is 9.97 Å². The molecule has 2 heterocycles. The number of aromatic nitrogens is 2. The molecule has 0 radical (unpaired) electrons. The molecule has 3 heteroatoms. The van der Waals surface area contributed by atoms with Crippen LogP contribution in [0.5, 0.6) is 0 Å². The van der Waals surface area contributed by atoms with E-state index in [2.05, 4.69) is 197 Å². The van der Waals surface area contributed by atoms with Crippen LogP contribution in [0.25, 0.3) is 50.0 Å². The van der Waals surface area contributed by atoms with Crippen molar-refractivity contribution in [3.05, 3.63) is 257 Å². The van der Waals surface area contributed by atoms with Crippen LogP contribution in [0, 0.1) is 0 Å². The summed E-state index contributed by atoms with van der Waals surface area (Å²) in [6, 6.07) is 62.3. The number of pyridine rings is 2. The van der Waals surface area contributed by atoms with Gasteiger partial charge in [0, 0.05) is 46.7 Å². The summed E-state index contributed by atoms with van der Waals surface area (Å²) in [6.45, 7) is 0. The molecule has 0 saturated heterocycles. The van der Waals surface area contributed by atoms with E-state index in [1.54, 1.807) is 0 Å². The first kappa shape index (κ1) is 37.2. The molecule has 8 aromatic rings. The van der Waals surface area contributed by atoms with Crippen molar-refractivity contribution >= 4 is 38.9 Å². The van der Waals surface area contributed by atoms with Gasteiger partial charge >= 0.3 is 0 Å². The second kappa shape index (κ2) is 15.7. The Hall–Kier alpha value is -7.62.